The average molecular weight is 165 g/mol. The van der Waals surface area contributed by atoms with Gasteiger partial charge in [0.15, 0.2) is 0 Å². The molecule has 2 N–H and O–H groups in total. The monoisotopic (exact) mass is 165 g/mol. The second-order valence-corrected chi connectivity index (χ2v) is 2.54. The molecule has 0 radical (unpaired) electrons. The van der Waals surface area contributed by atoms with Crippen molar-refractivity contribution in [2.45, 2.75) is 6.92 Å². The van der Waals surface area contributed by atoms with Gasteiger partial charge < -0.3 is 5.73 Å². The van der Waals surface area contributed by atoms with Gasteiger partial charge in [0, 0.05) is 24.4 Å². The summed E-state index contributed by atoms with van der Waals surface area (Å²) >= 11 is 0. The van der Waals surface area contributed by atoms with Crippen LogP contribution < -0.4 is 5.73 Å². The van der Waals surface area contributed by atoms with Gasteiger partial charge in [-0.25, -0.2) is 0 Å². The van der Waals surface area contributed by atoms with Crippen LogP contribution in [-0.2, 0) is 11.8 Å². The number of rotatable bonds is 2. The Kier molecular flexibility index (Phi) is 2.28. The maximum Gasteiger partial charge on any atom is 0.241 e. The van der Waals surface area contributed by atoms with E-state index in [0.717, 1.165) is 11.3 Å². The van der Waals surface area contributed by atoms with E-state index in [1.807, 2.05) is 14.0 Å². The molecule has 0 aliphatic heterocycles. The van der Waals surface area contributed by atoms with E-state index in [-0.39, 0.29) is 0 Å². The standard InChI is InChI=1S/C8H11N3O/c1-6-7(3-4-8(9)12)5-10-11(6)2/h3-5H,1-2H3,(H2,9,12). The summed E-state index contributed by atoms with van der Waals surface area (Å²) in [6, 6.07) is 0. The van der Waals surface area contributed by atoms with Crippen LogP contribution in [0, 0.1) is 6.92 Å². The first-order chi connectivity index (χ1) is 5.61. The van der Waals surface area contributed by atoms with Gasteiger partial charge in [0.25, 0.3) is 0 Å². The van der Waals surface area contributed by atoms with E-state index in [2.05, 4.69) is 5.10 Å². The molecule has 1 aromatic rings. The Hall–Kier alpha value is -1.58. The summed E-state index contributed by atoms with van der Waals surface area (Å²) in [6.07, 6.45) is 4.67. The summed E-state index contributed by atoms with van der Waals surface area (Å²) in [5, 5.41) is 4.01. The smallest absolute Gasteiger partial charge is 0.241 e. The Balaban J connectivity index is 2.90. The lowest BCUT2D eigenvalue weighted by molar-refractivity contribution is -0.113. The third kappa shape index (κ3) is 1.72. The minimum atomic E-state index is -0.446. The van der Waals surface area contributed by atoms with Crippen molar-refractivity contribution < 1.29 is 4.79 Å². The molecule has 0 aliphatic carbocycles. The van der Waals surface area contributed by atoms with Crippen molar-refractivity contribution in [3.05, 3.63) is 23.5 Å². The molecule has 0 bridgehead atoms. The fourth-order valence-corrected chi connectivity index (χ4v) is 0.851. The lowest BCUT2D eigenvalue weighted by atomic mass is 10.2. The van der Waals surface area contributed by atoms with Gasteiger partial charge in [-0.15, -0.1) is 0 Å². The molecule has 1 rings (SSSR count). The largest absolute Gasteiger partial charge is 0.366 e. The van der Waals surface area contributed by atoms with Gasteiger partial charge in [-0.1, -0.05) is 0 Å². The van der Waals surface area contributed by atoms with E-state index < -0.39 is 5.91 Å². The first-order valence-corrected chi connectivity index (χ1v) is 3.57. The van der Waals surface area contributed by atoms with Crippen LogP contribution in [0.1, 0.15) is 11.3 Å². The van der Waals surface area contributed by atoms with Crippen molar-refractivity contribution in [1.29, 1.82) is 0 Å². The average Bonchev–Trinajstić information content (AvgIpc) is 2.30. The SMILES string of the molecule is Cc1c(C=CC(N)=O)cnn1C. The molecule has 4 nitrogen and oxygen atoms in total. The Bertz CT molecular complexity index is 325. The van der Waals surface area contributed by atoms with E-state index in [1.165, 1.54) is 6.08 Å². The maximum atomic E-state index is 10.4. The minimum absolute atomic E-state index is 0.446. The number of amides is 1. The zero-order chi connectivity index (χ0) is 9.14. The third-order valence-corrected chi connectivity index (χ3v) is 1.70. The van der Waals surface area contributed by atoms with Gasteiger partial charge >= 0.3 is 0 Å². The highest BCUT2D eigenvalue weighted by Gasteiger charge is 1.98. The number of carbonyl (C=O) groups excluding carboxylic acids is 1. The molecule has 0 aliphatic rings. The number of hydrogen-bond acceptors (Lipinski definition) is 2. The normalized spacial score (nSPS) is 10.8. The van der Waals surface area contributed by atoms with Crippen LogP contribution >= 0.6 is 0 Å². The zero-order valence-corrected chi connectivity index (χ0v) is 7.11. The number of nitrogens with two attached hydrogens (primary N) is 1. The van der Waals surface area contributed by atoms with Crippen LogP contribution in [0.15, 0.2) is 12.3 Å². The van der Waals surface area contributed by atoms with Crippen LogP contribution in [0.25, 0.3) is 6.08 Å². The molecule has 1 amide bonds. The van der Waals surface area contributed by atoms with Crippen molar-refractivity contribution in [3.8, 4) is 0 Å². The van der Waals surface area contributed by atoms with Crippen LogP contribution in [0.2, 0.25) is 0 Å². The molecule has 0 atom stereocenters. The summed E-state index contributed by atoms with van der Waals surface area (Å²) < 4.78 is 1.74. The molecule has 1 aromatic heterocycles. The maximum absolute atomic E-state index is 10.4. The lowest BCUT2D eigenvalue weighted by Gasteiger charge is -1.92. The van der Waals surface area contributed by atoms with Gasteiger partial charge in [-0.05, 0) is 13.0 Å². The molecular weight excluding hydrogens is 154 g/mol. The number of nitrogens with zero attached hydrogens (tertiary/aromatic N) is 2. The van der Waals surface area contributed by atoms with Gasteiger partial charge in [0.2, 0.25) is 5.91 Å². The van der Waals surface area contributed by atoms with Crippen LogP contribution in [0.4, 0.5) is 0 Å². The Morgan fingerprint density at radius 3 is 2.83 bits per heavy atom. The quantitative estimate of drug-likeness (QED) is 0.637. The van der Waals surface area contributed by atoms with Crippen LogP contribution in [0.3, 0.4) is 0 Å². The Morgan fingerprint density at radius 2 is 2.42 bits per heavy atom. The van der Waals surface area contributed by atoms with Crippen molar-refractivity contribution in [2.75, 3.05) is 0 Å². The third-order valence-electron chi connectivity index (χ3n) is 1.70. The highest BCUT2D eigenvalue weighted by molar-refractivity contribution is 5.90. The van der Waals surface area contributed by atoms with Gasteiger partial charge in [-0.3, -0.25) is 9.48 Å². The Morgan fingerprint density at radius 1 is 1.75 bits per heavy atom. The summed E-state index contributed by atoms with van der Waals surface area (Å²) in [5.41, 5.74) is 6.86. The first kappa shape index (κ1) is 8.52. The summed E-state index contributed by atoms with van der Waals surface area (Å²) in [4.78, 5) is 10.4. The summed E-state index contributed by atoms with van der Waals surface area (Å²) in [7, 11) is 1.84. The molecule has 1 heterocycles. The van der Waals surface area contributed by atoms with E-state index in [4.69, 9.17) is 5.73 Å². The lowest BCUT2D eigenvalue weighted by Crippen LogP contribution is -2.05. The molecule has 0 spiro atoms. The topological polar surface area (TPSA) is 60.9 Å². The highest BCUT2D eigenvalue weighted by Crippen LogP contribution is 2.06. The molecule has 12 heavy (non-hydrogen) atoms. The molecule has 0 fully saturated rings. The molecule has 0 saturated heterocycles. The Labute approximate surface area is 70.7 Å². The predicted octanol–water partition coefficient (Wildman–Crippen LogP) is 0.227. The second-order valence-electron chi connectivity index (χ2n) is 2.54. The second kappa shape index (κ2) is 3.21. The van der Waals surface area contributed by atoms with Crippen LogP contribution in [-0.4, -0.2) is 15.7 Å². The van der Waals surface area contributed by atoms with Gasteiger partial charge in [0.05, 0.1) is 6.20 Å². The van der Waals surface area contributed by atoms with E-state index >= 15 is 0 Å². The minimum Gasteiger partial charge on any atom is -0.366 e. The zero-order valence-electron chi connectivity index (χ0n) is 7.11. The van der Waals surface area contributed by atoms with E-state index in [9.17, 15) is 4.79 Å². The fourth-order valence-electron chi connectivity index (χ4n) is 0.851. The van der Waals surface area contributed by atoms with Crippen molar-refractivity contribution in [1.82, 2.24) is 9.78 Å². The van der Waals surface area contributed by atoms with Crippen molar-refractivity contribution >= 4 is 12.0 Å². The fraction of sp³-hybridized carbons (Fsp3) is 0.250. The molecule has 64 valence electrons. The number of aromatic nitrogens is 2. The number of primary amides is 1. The summed E-state index contributed by atoms with van der Waals surface area (Å²) in [6.45, 7) is 1.92. The first-order valence-electron chi connectivity index (χ1n) is 3.57. The van der Waals surface area contributed by atoms with E-state index in [0.29, 0.717) is 0 Å². The number of aryl methyl sites for hydroxylation is 1. The number of carbonyl (C=O) groups is 1. The van der Waals surface area contributed by atoms with Crippen LogP contribution in [0.5, 0.6) is 0 Å². The molecule has 0 saturated carbocycles. The molecule has 0 unspecified atom stereocenters. The predicted molar refractivity (Wildman–Crippen MR) is 46.2 cm³/mol. The highest BCUT2D eigenvalue weighted by atomic mass is 16.1. The van der Waals surface area contributed by atoms with Gasteiger partial charge in [-0.2, -0.15) is 5.10 Å². The number of hydrogen-bond donors (Lipinski definition) is 1. The molecular formula is C8H11N3O. The molecule has 0 aromatic carbocycles. The molecule has 4 heteroatoms. The summed E-state index contributed by atoms with van der Waals surface area (Å²) in [5.74, 6) is -0.446. The van der Waals surface area contributed by atoms with Gasteiger partial charge in [0.1, 0.15) is 0 Å². The van der Waals surface area contributed by atoms with Crippen molar-refractivity contribution in [3.63, 3.8) is 0 Å². The van der Waals surface area contributed by atoms with Crippen molar-refractivity contribution in [2.24, 2.45) is 12.8 Å². The van der Waals surface area contributed by atoms with E-state index in [1.54, 1.807) is 17.0 Å².